The summed E-state index contributed by atoms with van der Waals surface area (Å²) in [4.78, 5) is 21.2. The number of carbonyl (C=O) groups is 1. The summed E-state index contributed by atoms with van der Waals surface area (Å²) < 4.78 is 67.5. The van der Waals surface area contributed by atoms with Crippen LogP contribution in [0.5, 0.6) is 0 Å². The van der Waals surface area contributed by atoms with E-state index in [4.69, 9.17) is 16.7 Å². The highest BCUT2D eigenvalue weighted by Crippen LogP contribution is 2.35. The van der Waals surface area contributed by atoms with Crippen molar-refractivity contribution in [2.24, 2.45) is 11.1 Å². The highest BCUT2D eigenvalue weighted by Gasteiger charge is 2.33. The molecule has 0 bridgehead atoms. The van der Waals surface area contributed by atoms with Gasteiger partial charge in [-0.25, -0.2) is 15.1 Å². The molecule has 1 saturated carbocycles. The number of nitrogens with one attached hydrogen (secondary N) is 1. The maximum Gasteiger partial charge on any atom is 0.417 e. The zero-order valence-electron chi connectivity index (χ0n) is 19.2. The number of rotatable bonds is 9. The molecule has 1 aliphatic carbocycles. The van der Waals surface area contributed by atoms with Crippen molar-refractivity contribution in [3.8, 4) is 0 Å². The third-order valence-electron chi connectivity index (χ3n) is 5.86. The van der Waals surface area contributed by atoms with E-state index in [9.17, 15) is 26.4 Å². The minimum atomic E-state index is -4.59. The highest BCUT2D eigenvalue weighted by molar-refractivity contribution is 7.84. The van der Waals surface area contributed by atoms with Gasteiger partial charge in [0.1, 0.15) is 17.8 Å². The molecule has 0 amide bonds. The minimum Gasteiger partial charge on any atom is -0.367 e. The van der Waals surface area contributed by atoms with Gasteiger partial charge in [0.25, 0.3) is 0 Å². The molecule has 198 valence electrons. The van der Waals surface area contributed by atoms with Crippen molar-refractivity contribution in [3.05, 3.63) is 70.4 Å². The predicted molar refractivity (Wildman–Crippen MR) is 127 cm³/mol. The highest BCUT2D eigenvalue weighted by atomic mass is 35.5. The molecule has 3 aromatic rings. The average molecular weight is 559 g/mol. The molecule has 1 aromatic carbocycles. The molecule has 3 N–H and O–H groups in total. The van der Waals surface area contributed by atoms with E-state index >= 15 is 0 Å². The van der Waals surface area contributed by atoms with Gasteiger partial charge in [0.2, 0.25) is 5.78 Å². The molecule has 1 aliphatic rings. The second kappa shape index (κ2) is 10.7. The Kier molecular flexibility index (Phi) is 7.83. The zero-order valence-corrected chi connectivity index (χ0v) is 20.7. The zero-order chi connectivity index (χ0) is 26.8. The van der Waals surface area contributed by atoms with Gasteiger partial charge in [-0.15, -0.1) is 0 Å². The van der Waals surface area contributed by atoms with Crippen LogP contribution in [0.15, 0.2) is 43.0 Å². The summed E-state index contributed by atoms with van der Waals surface area (Å²) in [6.45, 7) is -0.0317. The first-order valence-electron chi connectivity index (χ1n) is 11.1. The van der Waals surface area contributed by atoms with Gasteiger partial charge in [0.15, 0.2) is 0 Å². The number of alkyl halides is 3. The van der Waals surface area contributed by atoms with Crippen molar-refractivity contribution in [3.63, 3.8) is 0 Å². The third-order valence-corrected chi connectivity index (χ3v) is 6.66. The van der Waals surface area contributed by atoms with Crippen molar-refractivity contribution in [1.82, 2.24) is 19.7 Å². The van der Waals surface area contributed by atoms with E-state index in [1.54, 1.807) is 0 Å². The van der Waals surface area contributed by atoms with Crippen LogP contribution in [-0.4, -0.2) is 46.6 Å². The lowest BCUT2D eigenvalue weighted by atomic mass is 10.1. The predicted octanol–water partition coefficient (Wildman–Crippen LogP) is 3.43. The Morgan fingerprint density at radius 3 is 2.78 bits per heavy atom. The molecule has 10 nitrogen and oxygen atoms in total. The summed E-state index contributed by atoms with van der Waals surface area (Å²) in [5.41, 5.74) is -0.402. The van der Waals surface area contributed by atoms with Gasteiger partial charge in [0.05, 0.1) is 29.3 Å². The van der Waals surface area contributed by atoms with E-state index < -0.39 is 32.8 Å². The number of aromatic nitrogens is 4. The SMILES string of the molecule is NS(=O)(=O)OCC1CCC(Nc2ncncc2C(=O)c2ccn(Cc3ccc(Cl)c(C(F)(F)F)c3)n2)C1. The molecule has 0 saturated heterocycles. The topological polar surface area (TPSA) is 142 Å². The first-order valence-corrected chi connectivity index (χ1v) is 12.9. The second-order valence-electron chi connectivity index (χ2n) is 8.62. The molecule has 1 fully saturated rings. The number of halogens is 4. The maximum absolute atomic E-state index is 13.2. The molecule has 2 aromatic heterocycles. The summed E-state index contributed by atoms with van der Waals surface area (Å²) >= 11 is 5.67. The molecule has 2 atom stereocenters. The molecule has 2 unspecified atom stereocenters. The number of hydrogen-bond donors (Lipinski definition) is 2. The number of nitrogens with two attached hydrogens (primary N) is 1. The van der Waals surface area contributed by atoms with Crippen molar-refractivity contribution >= 4 is 33.5 Å². The fourth-order valence-corrected chi connectivity index (χ4v) is 4.74. The van der Waals surface area contributed by atoms with Crippen LogP contribution in [0.3, 0.4) is 0 Å². The summed E-state index contributed by atoms with van der Waals surface area (Å²) in [7, 11) is -4.02. The van der Waals surface area contributed by atoms with Crippen LogP contribution in [0.1, 0.15) is 46.4 Å². The Morgan fingerprint density at radius 2 is 2.05 bits per heavy atom. The van der Waals surface area contributed by atoms with Gasteiger partial charge >= 0.3 is 16.5 Å². The van der Waals surface area contributed by atoms with Crippen molar-refractivity contribution in [2.45, 2.75) is 38.0 Å². The Balaban J connectivity index is 1.44. The molecule has 0 spiro atoms. The van der Waals surface area contributed by atoms with Gasteiger partial charge in [-0.3, -0.25) is 13.7 Å². The fourth-order valence-electron chi connectivity index (χ4n) is 4.14. The summed E-state index contributed by atoms with van der Waals surface area (Å²) in [5, 5.41) is 11.9. The number of ketones is 1. The summed E-state index contributed by atoms with van der Waals surface area (Å²) in [5.74, 6) is -0.209. The number of hydrogen-bond acceptors (Lipinski definition) is 8. The lowest BCUT2D eigenvalue weighted by Gasteiger charge is -2.15. The molecule has 2 heterocycles. The largest absolute Gasteiger partial charge is 0.417 e. The Labute approximate surface area is 215 Å². The fraction of sp³-hybridized carbons (Fsp3) is 0.364. The number of anilines is 1. The second-order valence-corrected chi connectivity index (χ2v) is 10.3. The van der Waals surface area contributed by atoms with Crippen LogP contribution >= 0.6 is 11.6 Å². The Morgan fingerprint density at radius 1 is 1.27 bits per heavy atom. The van der Waals surface area contributed by atoms with Gasteiger partial charge in [-0.2, -0.15) is 26.7 Å². The van der Waals surface area contributed by atoms with Crippen LogP contribution in [-0.2, 0) is 27.2 Å². The van der Waals surface area contributed by atoms with Crippen molar-refractivity contribution in [2.75, 3.05) is 11.9 Å². The molecular formula is C22H22ClF3N6O4S. The van der Waals surface area contributed by atoms with Crippen molar-refractivity contribution in [1.29, 1.82) is 0 Å². The standard InChI is InChI=1S/C22H22ClF3N6O4S/c23-18-4-2-13(8-17(18)22(24,25)26)10-32-6-5-19(31-32)20(33)16-9-28-12-29-21(16)30-15-3-1-14(7-15)11-36-37(27,34)35/h2,4-6,8-9,12,14-15H,1,3,7,10-11H2,(H2,27,34,35)(H,28,29,30). The molecule has 0 radical (unpaired) electrons. The third kappa shape index (κ3) is 7.03. The van der Waals surface area contributed by atoms with E-state index in [0.29, 0.717) is 30.6 Å². The van der Waals surface area contributed by atoms with E-state index in [2.05, 4.69) is 24.6 Å². The number of carbonyl (C=O) groups excluding carboxylic acids is 1. The minimum absolute atomic E-state index is 0.00597. The normalized spacial score (nSPS) is 18.2. The smallest absolute Gasteiger partial charge is 0.367 e. The molecule has 0 aliphatic heterocycles. The van der Waals surface area contributed by atoms with E-state index in [1.807, 2.05) is 0 Å². The molecule has 4 rings (SSSR count). The van der Waals surface area contributed by atoms with Crippen LogP contribution in [0.2, 0.25) is 5.02 Å². The summed E-state index contributed by atoms with van der Waals surface area (Å²) in [6, 6.07) is 4.94. The van der Waals surface area contributed by atoms with Crippen LogP contribution in [0, 0.1) is 5.92 Å². The summed E-state index contributed by atoms with van der Waals surface area (Å²) in [6.07, 6.45) is 1.51. The maximum atomic E-state index is 13.2. The first-order chi connectivity index (χ1) is 17.4. The van der Waals surface area contributed by atoms with Gasteiger partial charge in [-0.1, -0.05) is 17.7 Å². The number of benzene rings is 1. The van der Waals surface area contributed by atoms with Gasteiger partial charge in [0, 0.05) is 18.4 Å². The Bertz CT molecular complexity index is 1400. The van der Waals surface area contributed by atoms with E-state index in [-0.39, 0.29) is 36.4 Å². The number of nitrogens with zero attached hydrogens (tertiary/aromatic N) is 4. The molecular weight excluding hydrogens is 537 g/mol. The lowest BCUT2D eigenvalue weighted by molar-refractivity contribution is -0.137. The van der Waals surface area contributed by atoms with Gasteiger partial charge in [-0.05, 0) is 48.9 Å². The van der Waals surface area contributed by atoms with E-state index in [1.165, 1.54) is 41.6 Å². The first kappa shape index (κ1) is 27.0. The molecule has 15 heteroatoms. The van der Waals surface area contributed by atoms with Crippen molar-refractivity contribution < 1.29 is 30.6 Å². The average Bonchev–Trinajstić information content (AvgIpc) is 3.47. The lowest BCUT2D eigenvalue weighted by Crippen LogP contribution is -2.22. The molecule has 37 heavy (non-hydrogen) atoms. The van der Waals surface area contributed by atoms with Crippen LogP contribution in [0.25, 0.3) is 0 Å². The van der Waals surface area contributed by atoms with Crippen LogP contribution in [0.4, 0.5) is 19.0 Å². The van der Waals surface area contributed by atoms with Gasteiger partial charge < -0.3 is 5.32 Å². The Hall–Kier alpha value is -3.07. The van der Waals surface area contributed by atoms with Crippen LogP contribution < -0.4 is 10.5 Å². The van der Waals surface area contributed by atoms with E-state index in [0.717, 1.165) is 6.07 Å². The quantitative estimate of drug-likeness (QED) is 0.380. The monoisotopic (exact) mass is 558 g/mol.